The van der Waals surface area contributed by atoms with Gasteiger partial charge in [0.25, 0.3) is 0 Å². The van der Waals surface area contributed by atoms with Gasteiger partial charge in [0, 0.05) is 10.9 Å². The fraction of sp³-hybridized carbons (Fsp3) is 0.625. The SMILES string of the molecule is O=C(O)[C@@H]1CCCN1CC(=O)N(Cc1cccs1)C1CCS(=O)(=O)C1. The number of carbonyl (C=O) groups is 2. The lowest BCUT2D eigenvalue weighted by molar-refractivity contribution is -0.143. The first-order valence-corrected chi connectivity index (χ1v) is 11.0. The Balaban J connectivity index is 1.74. The van der Waals surface area contributed by atoms with Gasteiger partial charge in [0.15, 0.2) is 9.84 Å². The molecule has 9 heteroatoms. The van der Waals surface area contributed by atoms with Gasteiger partial charge in [-0.2, -0.15) is 0 Å². The standard InChI is InChI=1S/C16H22N2O5S2/c19-15(10-17-6-1-4-14(17)16(20)21)18(9-13-3-2-7-24-13)12-5-8-25(22,23)11-12/h2-3,7,12,14H,1,4-6,8-11H2,(H,20,21)/t12?,14-/m0/s1. The lowest BCUT2D eigenvalue weighted by atomic mass is 10.2. The minimum Gasteiger partial charge on any atom is -0.480 e. The van der Waals surface area contributed by atoms with Crippen LogP contribution in [0.2, 0.25) is 0 Å². The fourth-order valence-electron chi connectivity index (χ4n) is 3.57. The summed E-state index contributed by atoms with van der Waals surface area (Å²) >= 11 is 1.52. The first-order chi connectivity index (χ1) is 11.9. The van der Waals surface area contributed by atoms with Crippen molar-refractivity contribution in [2.24, 2.45) is 0 Å². The molecule has 0 saturated carbocycles. The molecular weight excluding hydrogens is 364 g/mol. The number of rotatable bonds is 6. The molecule has 0 bridgehead atoms. The van der Waals surface area contributed by atoms with Crippen LogP contribution in [0.25, 0.3) is 0 Å². The number of aliphatic carboxylic acids is 1. The summed E-state index contributed by atoms with van der Waals surface area (Å²) in [6.45, 7) is 0.986. The van der Waals surface area contributed by atoms with Gasteiger partial charge >= 0.3 is 5.97 Å². The van der Waals surface area contributed by atoms with Crippen LogP contribution in [-0.2, 0) is 26.0 Å². The number of thiophene rings is 1. The first-order valence-electron chi connectivity index (χ1n) is 8.35. The highest BCUT2D eigenvalue weighted by Gasteiger charge is 2.37. The van der Waals surface area contributed by atoms with E-state index in [-0.39, 0.29) is 30.0 Å². The maximum absolute atomic E-state index is 12.9. The predicted molar refractivity (Wildman–Crippen MR) is 94.2 cm³/mol. The fourth-order valence-corrected chi connectivity index (χ4v) is 6.01. The van der Waals surface area contributed by atoms with Crippen molar-refractivity contribution in [3.8, 4) is 0 Å². The first kappa shape index (κ1) is 18.3. The highest BCUT2D eigenvalue weighted by molar-refractivity contribution is 7.91. The number of hydrogen-bond acceptors (Lipinski definition) is 6. The van der Waals surface area contributed by atoms with E-state index in [1.807, 2.05) is 17.5 Å². The quantitative estimate of drug-likeness (QED) is 0.778. The second-order valence-electron chi connectivity index (χ2n) is 6.62. The van der Waals surface area contributed by atoms with Crippen LogP contribution < -0.4 is 0 Å². The Kier molecular flexibility index (Phi) is 5.45. The van der Waals surface area contributed by atoms with Crippen LogP contribution in [0.1, 0.15) is 24.1 Å². The smallest absolute Gasteiger partial charge is 0.320 e. The molecule has 0 spiro atoms. The van der Waals surface area contributed by atoms with Gasteiger partial charge in [-0.25, -0.2) is 8.42 Å². The Hall–Kier alpha value is -1.45. The molecule has 1 aromatic heterocycles. The molecule has 2 aliphatic heterocycles. The van der Waals surface area contributed by atoms with E-state index in [0.717, 1.165) is 11.3 Å². The number of amides is 1. The number of nitrogens with zero attached hydrogens (tertiary/aromatic N) is 2. The van der Waals surface area contributed by atoms with Gasteiger partial charge in [-0.15, -0.1) is 11.3 Å². The predicted octanol–water partition coefficient (Wildman–Crippen LogP) is 0.813. The number of sulfone groups is 1. The number of likely N-dealkylation sites (tertiary alicyclic amines) is 1. The molecule has 138 valence electrons. The average Bonchev–Trinajstić information content (AvgIpc) is 3.25. The van der Waals surface area contributed by atoms with Gasteiger partial charge < -0.3 is 10.0 Å². The van der Waals surface area contributed by atoms with Crippen molar-refractivity contribution in [3.63, 3.8) is 0 Å². The molecule has 1 N–H and O–H groups in total. The van der Waals surface area contributed by atoms with Crippen molar-refractivity contribution in [1.29, 1.82) is 0 Å². The van der Waals surface area contributed by atoms with Crippen LogP contribution in [0, 0.1) is 0 Å². The third-order valence-electron chi connectivity index (χ3n) is 4.86. The normalized spacial score (nSPS) is 25.9. The number of carboxylic acid groups (broad SMARTS) is 1. The van der Waals surface area contributed by atoms with E-state index in [9.17, 15) is 23.1 Å². The summed E-state index contributed by atoms with van der Waals surface area (Å²) in [5.41, 5.74) is 0. The molecule has 0 aromatic carbocycles. The van der Waals surface area contributed by atoms with E-state index in [1.165, 1.54) is 11.3 Å². The average molecular weight is 386 g/mol. The maximum atomic E-state index is 12.9. The summed E-state index contributed by atoms with van der Waals surface area (Å²) in [5.74, 6) is -0.998. The van der Waals surface area contributed by atoms with Crippen LogP contribution in [-0.4, -0.2) is 71.9 Å². The van der Waals surface area contributed by atoms with Crippen molar-refractivity contribution >= 4 is 33.1 Å². The second-order valence-corrected chi connectivity index (χ2v) is 9.89. The monoisotopic (exact) mass is 386 g/mol. The molecule has 0 radical (unpaired) electrons. The Morgan fingerprint density at radius 2 is 2.16 bits per heavy atom. The van der Waals surface area contributed by atoms with Crippen molar-refractivity contribution in [2.45, 2.75) is 37.9 Å². The van der Waals surface area contributed by atoms with Crippen LogP contribution in [0.3, 0.4) is 0 Å². The highest BCUT2D eigenvalue weighted by Crippen LogP contribution is 2.23. The van der Waals surface area contributed by atoms with Gasteiger partial charge in [-0.3, -0.25) is 14.5 Å². The molecule has 3 heterocycles. The van der Waals surface area contributed by atoms with E-state index < -0.39 is 21.8 Å². The van der Waals surface area contributed by atoms with Crippen molar-refractivity contribution in [2.75, 3.05) is 24.6 Å². The van der Waals surface area contributed by atoms with Crippen molar-refractivity contribution < 1.29 is 23.1 Å². The van der Waals surface area contributed by atoms with E-state index in [4.69, 9.17) is 0 Å². The zero-order chi connectivity index (χ0) is 18.0. The molecular formula is C16H22N2O5S2. The second kappa shape index (κ2) is 7.43. The minimum absolute atomic E-state index is 0.00747. The van der Waals surface area contributed by atoms with Crippen LogP contribution in [0.4, 0.5) is 0 Å². The molecule has 2 aliphatic rings. The van der Waals surface area contributed by atoms with E-state index >= 15 is 0 Å². The molecule has 1 aromatic rings. The summed E-state index contributed by atoms with van der Waals surface area (Å²) in [5, 5.41) is 11.2. The van der Waals surface area contributed by atoms with Crippen LogP contribution in [0.5, 0.6) is 0 Å². The van der Waals surface area contributed by atoms with Gasteiger partial charge in [-0.1, -0.05) is 6.07 Å². The third-order valence-corrected chi connectivity index (χ3v) is 7.47. The van der Waals surface area contributed by atoms with E-state index in [1.54, 1.807) is 9.80 Å². The molecule has 3 rings (SSSR count). The summed E-state index contributed by atoms with van der Waals surface area (Å²) in [6.07, 6.45) is 1.75. The number of carboxylic acids is 1. The highest BCUT2D eigenvalue weighted by atomic mass is 32.2. The largest absolute Gasteiger partial charge is 0.480 e. The lowest BCUT2D eigenvalue weighted by Crippen LogP contribution is -2.48. The molecule has 2 atom stereocenters. The van der Waals surface area contributed by atoms with Gasteiger partial charge in [0.1, 0.15) is 6.04 Å². The molecule has 25 heavy (non-hydrogen) atoms. The zero-order valence-corrected chi connectivity index (χ0v) is 15.5. The maximum Gasteiger partial charge on any atom is 0.320 e. The Labute approximate surface area is 151 Å². The van der Waals surface area contributed by atoms with Crippen molar-refractivity contribution in [1.82, 2.24) is 9.80 Å². The lowest BCUT2D eigenvalue weighted by Gasteiger charge is -2.30. The zero-order valence-electron chi connectivity index (χ0n) is 13.8. The summed E-state index contributed by atoms with van der Waals surface area (Å²) in [7, 11) is -3.10. The van der Waals surface area contributed by atoms with Crippen molar-refractivity contribution in [3.05, 3.63) is 22.4 Å². The molecule has 2 fully saturated rings. The van der Waals surface area contributed by atoms with Gasteiger partial charge in [-0.05, 0) is 37.3 Å². The number of hydrogen-bond donors (Lipinski definition) is 1. The van der Waals surface area contributed by atoms with Crippen LogP contribution in [0.15, 0.2) is 17.5 Å². The van der Waals surface area contributed by atoms with Gasteiger partial charge in [0.2, 0.25) is 5.91 Å². The Bertz CT molecular complexity index is 732. The molecule has 0 aliphatic carbocycles. The topological polar surface area (TPSA) is 95.0 Å². The summed E-state index contributed by atoms with van der Waals surface area (Å²) < 4.78 is 23.7. The molecule has 7 nitrogen and oxygen atoms in total. The minimum atomic E-state index is -3.10. The molecule has 2 saturated heterocycles. The van der Waals surface area contributed by atoms with Gasteiger partial charge in [0.05, 0.1) is 24.6 Å². The number of carbonyl (C=O) groups excluding carboxylic acids is 1. The van der Waals surface area contributed by atoms with E-state index in [2.05, 4.69) is 0 Å². The Morgan fingerprint density at radius 3 is 2.76 bits per heavy atom. The Morgan fingerprint density at radius 1 is 1.36 bits per heavy atom. The molecule has 1 unspecified atom stereocenters. The third kappa shape index (κ3) is 4.39. The van der Waals surface area contributed by atoms with Crippen LogP contribution >= 0.6 is 11.3 Å². The summed E-state index contributed by atoms with van der Waals surface area (Å²) in [6, 6.07) is 2.87. The molecule has 1 amide bonds. The summed E-state index contributed by atoms with van der Waals surface area (Å²) in [4.78, 5) is 28.5. The van der Waals surface area contributed by atoms with E-state index in [0.29, 0.717) is 25.9 Å².